The van der Waals surface area contributed by atoms with Crippen LogP contribution in [0.15, 0.2) is 35.7 Å². The van der Waals surface area contributed by atoms with Gasteiger partial charge in [0.1, 0.15) is 11.5 Å². The van der Waals surface area contributed by atoms with E-state index in [1.807, 2.05) is 13.0 Å². The first kappa shape index (κ1) is 13.9. The fourth-order valence-corrected chi connectivity index (χ4v) is 3.12. The second-order valence-electron chi connectivity index (χ2n) is 4.78. The summed E-state index contributed by atoms with van der Waals surface area (Å²) in [6, 6.07) is 9.16. The lowest BCUT2D eigenvalue weighted by Crippen LogP contribution is -2.30. The van der Waals surface area contributed by atoms with Crippen LogP contribution in [-0.2, 0) is 6.42 Å². The summed E-state index contributed by atoms with van der Waals surface area (Å²) in [5.41, 5.74) is 0.556. The minimum Gasteiger partial charge on any atom is -0.507 e. The number of hydrogen-bond donors (Lipinski definition) is 3. The van der Waals surface area contributed by atoms with Crippen LogP contribution in [0.4, 0.5) is 0 Å². The maximum atomic E-state index is 9.83. The molecule has 0 fully saturated rings. The summed E-state index contributed by atoms with van der Waals surface area (Å²) >= 11 is 1.74. The van der Waals surface area contributed by atoms with Crippen molar-refractivity contribution >= 4 is 11.3 Å². The molecule has 2 atom stereocenters. The van der Waals surface area contributed by atoms with Crippen molar-refractivity contribution in [1.29, 1.82) is 0 Å². The lowest BCUT2D eigenvalue weighted by Gasteiger charge is -2.21. The van der Waals surface area contributed by atoms with Crippen molar-refractivity contribution in [2.45, 2.75) is 32.4 Å². The molecule has 0 saturated carbocycles. The molecule has 1 aromatic carbocycles. The normalized spacial score (nSPS) is 14.2. The fourth-order valence-electron chi connectivity index (χ4n) is 2.28. The van der Waals surface area contributed by atoms with E-state index in [0.29, 0.717) is 5.56 Å². The SMILES string of the molecule is CC(Cc1cccs1)NC(C)c1c(O)cccc1O. The van der Waals surface area contributed by atoms with Gasteiger partial charge in [0, 0.05) is 17.0 Å². The quantitative estimate of drug-likeness (QED) is 0.784. The molecule has 1 aromatic heterocycles. The third-order valence-electron chi connectivity index (χ3n) is 3.12. The second kappa shape index (κ2) is 6.08. The Labute approximate surface area is 117 Å². The van der Waals surface area contributed by atoms with E-state index < -0.39 is 0 Å². The Balaban J connectivity index is 2.02. The van der Waals surface area contributed by atoms with Crippen molar-refractivity contribution < 1.29 is 10.2 Å². The molecule has 0 aliphatic carbocycles. The first-order valence-electron chi connectivity index (χ1n) is 6.37. The van der Waals surface area contributed by atoms with E-state index in [-0.39, 0.29) is 23.6 Å². The number of thiophene rings is 1. The maximum Gasteiger partial charge on any atom is 0.124 e. The molecule has 4 heteroatoms. The zero-order valence-electron chi connectivity index (χ0n) is 11.1. The van der Waals surface area contributed by atoms with Crippen LogP contribution in [0.25, 0.3) is 0 Å². The van der Waals surface area contributed by atoms with E-state index in [2.05, 4.69) is 23.7 Å². The van der Waals surface area contributed by atoms with Crippen molar-refractivity contribution in [1.82, 2.24) is 5.32 Å². The summed E-state index contributed by atoms with van der Waals surface area (Å²) in [5, 5.41) is 25.1. The molecule has 2 rings (SSSR count). The molecule has 0 aliphatic rings. The van der Waals surface area contributed by atoms with Gasteiger partial charge in [-0.25, -0.2) is 0 Å². The molecule has 2 aromatic rings. The third kappa shape index (κ3) is 3.49. The minimum atomic E-state index is -0.101. The van der Waals surface area contributed by atoms with Gasteiger partial charge < -0.3 is 15.5 Å². The topological polar surface area (TPSA) is 52.5 Å². The number of phenolic OH excluding ortho intramolecular Hbond substituents is 2. The molecule has 0 bridgehead atoms. The molecule has 1 heterocycles. The zero-order valence-corrected chi connectivity index (χ0v) is 11.9. The highest BCUT2D eigenvalue weighted by Gasteiger charge is 2.17. The molecule has 0 saturated heterocycles. The van der Waals surface area contributed by atoms with Crippen LogP contribution in [0.1, 0.15) is 30.3 Å². The van der Waals surface area contributed by atoms with Gasteiger partial charge >= 0.3 is 0 Å². The van der Waals surface area contributed by atoms with Crippen LogP contribution in [0.5, 0.6) is 11.5 Å². The Morgan fingerprint density at radius 2 is 1.79 bits per heavy atom. The molecule has 3 nitrogen and oxygen atoms in total. The Hall–Kier alpha value is -1.52. The third-order valence-corrected chi connectivity index (χ3v) is 4.01. The molecule has 0 radical (unpaired) electrons. The molecule has 102 valence electrons. The van der Waals surface area contributed by atoms with Gasteiger partial charge in [0.2, 0.25) is 0 Å². The molecular formula is C15H19NO2S. The highest BCUT2D eigenvalue weighted by atomic mass is 32.1. The molecule has 0 spiro atoms. The first-order chi connectivity index (χ1) is 9.08. The van der Waals surface area contributed by atoms with E-state index in [4.69, 9.17) is 0 Å². The number of benzene rings is 1. The minimum absolute atomic E-state index is 0.101. The van der Waals surface area contributed by atoms with Crippen molar-refractivity contribution in [3.05, 3.63) is 46.2 Å². The number of phenols is 2. The molecule has 0 amide bonds. The maximum absolute atomic E-state index is 9.83. The van der Waals surface area contributed by atoms with Crippen LogP contribution in [0, 0.1) is 0 Å². The van der Waals surface area contributed by atoms with E-state index >= 15 is 0 Å². The van der Waals surface area contributed by atoms with Gasteiger partial charge in [0.25, 0.3) is 0 Å². The zero-order chi connectivity index (χ0) is 13.8. The average molecular weight is 277 g/mol. The molecule has 3 N–H and O–H groups in total. The van der Waals surface area contributed by atoms with Crippen LogP contribution < -0.4 is 5.32 Å². The van der Waals surface area contributed by atoms with Crippen LogP contribution in [0.2, 0.25) is 0 Å². The van der Waals surface area contributed by atoms with Gasteiger partial charge in [-0.3, -0.25) is 0 Å². The van der Waals surface area contributed by atoms with E-state index in [1.165, 1.54) is 4.88 Å². The average Bonchev–Trinajstić information content (AvgIpc) is 2.81. The predicted octanol–water partition coefficient (Wildman–Crippen LogP) is 3.44. The van der Waals surface area contributed by atoms with Crippen molar-refractivity contribution in [3.63, 3.8) is 0 Å². The fraction of sp³-hybridized carbons (Fsp3) is 0.333. The van der Waals surface area contributed by atoms with Gasteiger partial charge in [-0.1, -0.05) is 12.1 Å². The lowest BCUT2D eigenvalue weighted by atomic mass is 10.0. The lowest BCUT2D eigenvalue weighted by molar-refractivity contribution is 0.404. The van der Waals surface area contributed by atoms with E-state index in [0.717, 1.165) is 6.42 Å². The monoisotopic (exact) mass is 277 g/mol. The van der Waals surface area contributed by atoms with E-state index in [9.17, 15) is 10.2 Å². The Morgan fingerprint density at radius 1 is 1.11 bits per heavy atom. The van der Waals surface area contributed by atoms with Crippen LogP contribution in [0.3, 0.4) is 0 Å². The highest BCUT2D eigenvalue weighted by molar-refractivity contribution is 7.09. The van der Waals surface area contributed by atoms with Crippen molar-refractivity contribution in [3.8, 4) is 11.5 Å². The standard InChI is InChI=1S/C15H19NO2S/c1-10(9-12-5-4-8-19-12)16-11(2)15-13(17)6-3-7-14(15)18/h3-8,10-11,16-18H,9H2,1-2H3. The number of hydrogen-bond acceptors (Lipinski definition) is 4. The van der Waals surface area contributed by atoms with Crippen molar-refractivity contribution in [2.75, 3.05) is 0 Å². The van der Waals surface area contributed by atoms with Gasteiger partial charge in [0.05, 0.1) is 5.56 Å². The smallest absolute Gasteiger partial charge is 0.124 e. The number of nitrogens with one attached hydrogen (secondary N) is 1. The summed E-state index contributed by atoms with van der Waals surface area (Å²) in [6.07, 6.45) is 0.941. The Morgan fingerprint density at radius 3 is 2.37 bits per heavy atom. The van der Waals surface area contributed by atoms with Gasteiger partial charge in [-0.2, -0.15) is 0 Å². The van der Waals surface area contributed by atoms with Crippen molar-refractivity contribution in [2.24, 2.45) is 0 Å². The van der Waals surface area contributed by atoms with Crippen LogP contribution >= 0.6 is 11.3 Å². The molecular weight excluding hydrogens is 258 g/mol. The summed E-state index contributed by atoms with van der Waals surface area (Å²) in [5.74, 6) is 0.256. The summed E-state index contributed by atoms with van der Waals surface area (Å²) < 4.78 is 0. The van der Waals surface area contributed by atoms with Gasteiger partial charge in [-0.15, -0.1) is 11.3 Å². The largest absolute Gasteiger partial charge is 0.507 e. The van der Waals surface area contributed by atoms with Gasteiger partial charge in [-0.05, 0) is 43.8 Å². The Kier molecular flexibility index (Phi) is 4.45. The summed E-state index contributed by atoms with van der Waals surface area (Å²) in [6.45, 7) is 4.05. The Bertz CT molecular complexity index is 505. The predicted molar refractivity (Wildman–Crippen MR) is 78.8 cm³/mol. The number of rotatable bonds is 5. The molecule has 2 unspecified atom stereocenters. The van der Waals surface area contributed by atoms with Gasteiger partial charge in [0.15, 0.2) is 0 Å². The highest BCUT2D eigenvalue weighted by Crippen LogP contribution is 2.32. The number of aromatic hydroxyl groups is 2. The summed E-state index contributed by atoms with van der Waals surface area (Å²) in [4.78, 5) is 1.33. The van der Waals surface area contributed by atoms with Crippen LogP contribution in [-0.4, -0.2) is 16.3 Å². The second-order valence-corrected chi connectivity index (χ2v) is 5.82. The first-order valence-corrected chi connectivity index (χ1v) is 7.25. The molecule has 0 aliphatic heterocycles. The molecule has 19 heavy (non-hydrogen) atoms. The summed E-state index contributed by atoms with van der Waals surface area (Å²) in [7, 11) is 0. The van der Waals surface area contributed by atoms with E-state index in [1.54, 1.807) is 29.5 Å².